The van der Waals surface area contributed by atoms with Crippen LogP contribution in [0.2, 0.25) is 0 Å². The maximum absolute atomic E-state index is 13.4. The normalized spacial score (nSPS) is 12.6. The van der Waals surface area contributed by atoms with Crippen LogP contribution in [0.15, 0.2) is 181 Å². The summed E-state index contributed by atoms with van der Waals surface area (Å²) in [6.45, 7) is -8.85. The van der Waals surface area contributed by atoms with Crippen LogP contribution in [0.1, 0.15) is 67.4 Å². The van der Waals surface area contributed by atoms with Gasteiger partial charge in [0.2, 0.25) is 17.6 Å². The number of rotatable bonds is 24. The van der Waals surface area contributed by atoms with E-state index in [2.05, 4.69) is 46.2 Å². The molecule has 12 rings (SSSR count). The Kier molecular flexibility index (Phi) is 26.2. The van der Waals surface area contributed by atoms with E-state index in [0.29, 0.717) is 52.7 Å². The first-order valence-electron chi connectivity index (χ1n) is 30.2. The van der Waals surface area contributed by atoms with Crippen LogP contribution >= 0.6 is 56.6 Å². The highest BCUT2D eigenvalue weighted by atomic mass is 127. The lowest BCUT2D eigenvalue weighted by atomic mass is 9.80. The molecule has 0 aliphatic rings. The molecule has 13 N–H and O–H groups in total. The number of carbonyl (C=O) groups is 7. The number of alkyl halides is 6. The summed E-state index contributed by atoms with van der Waals surface area (Å²) >= 11 is 5.85. The number of hydrogen-bond acceptors (Lipinski definition) is 20. The standard InChI is InChI=1S/C22H19F2N5O3S.C22H17F2N5O3S.C15H15F2IN4O3.C7H6BNO2S/c2*23-22(24)29-10-14(17(28-29)13-7-4-8-16-18(13)26-11-33-16)21(32)27-15(19(30)20(25)31)9-12-5-2-1-3-6-12;16-15(17)22-7-9(12(18)21-22)14(25)20-10(11(23)13(19)24)6-8-4-2-1-3-5-8;10-8(11)5-2-1-3-6-7(5)9-4-12-6/h1-8,10-11,15,19,22,30H,9H2,(H2,25,31)(H,27,32);1-8,10-11,15,22H,9H2,(H2,25,31)(H,27,32);1-5,7,10-11,15,23H,6H2,(H2,19,24)(H,20,25);1-4,10-11H. The van der Waals surface area contributed by atoms with Gasteiger partial charge in [0.1, 0.15) is 21.1 Å². The van der Waals surface area contributed by atoms with E-state index < -0.39 is 98.3 Å². The van der Waals surface area contributed by atoms with Crippen molar-refractivity contribution >= 4 is 141 Å². The molecule has 12 aromatic rings. The lowest BCUT2D eigenvalue weighted by Crippen LogP contribution is -2.50. The summed E-state index contributed by atoms with van der Waals surface area (Å²) in [6.07, 6.45) is -0.373. The highest BCUT2D eigenvalue weighted by Gasteiger charge is 2.33. The molecule has 26 nitrogen and oxygen atoms in total. The number of aliphatic hydroxyl groups excluding tert-OH is 2. The van der Waals surface area contributed by atoms with E-state index in [1.165, 1.54) is 34.0 Å². The van der Waals surface area contributed by atoms with Crippen molar-refractivity contribution in [2.24, 2.45) is 17.2 Å². The lowest BCUT2D eigenvalue weighted by Gasteiger charge is -2.22. The number of fused-ring (bicyclic) bond motifs is 3. The van der Waals surface area contributed by atoms with Crippen molar-refractivity contribution in [3.05, 3.63) is 218 Å². The Morgan fingerprint density at radius 3 is 1.21 bits per heavy atom. The number of thiazole rings is 3. The number of nitrogens with two attached hydrogens (primary N) is 3. The molecule has 37 heteroatoms. The van der Waals surface area contributed by atoms with Crippen molar-refractivity contribution in [3.63, 3.8) is 0 Å². The summed E-state index contributed by atoms with van der Waals surface area (Å²) in [5.41, 5.74) is 25.1. The molecule has 0 bridgehead atoms. The number of nitrogens with zero attached hydrogens (tertiary/aromatic N) is 9. The molecule has 103 heavy (non-hydrogen) atoms. The van der Waals surface area contributed by atoms with Gasteiger partial charge in [-0.05, 0) is 70.3 Å². The lowest BCUT2D eigenvalue weighted by molar-refractivity contribution is -0.137. The Hall–Kier alpha value is -10.7. The first kappa shape index (κ1) is 76.5. The number of halogens is 7. The van der Waals surface area contributed by atoms with Crippen LogP contribution in [0.3, 0.4) is 0 Å². The van der Waals surface area contributed by atoms with Crippen molar-refractivity contribution in [2.75, 3.05) is 0 Å². The SMILES string of the molecule is NC(=O)C(=O)C(Cc1ccccc1)NC(=O)c1cn(C(F)F)nc1-c1cccc2scnc12.NC(=O)C(O)C(Cc1ccccc1)NC(=O)c1cn(C(F)F)nc1-c1cccc2scnc12.NC(=O)C(O)C(Cc1ccccc1)NC(=O)c1cn(C(F)F)nc1I.OB(O)c1cccc2scnc12. The Morgan fingerprint density at radius 2 is 0.825 bits per heavy atom. The third kappa shape index (κ3) is 19.5. The Balaban J connectivity index is 0.000000167. The molecule has 0 radical (unpaired) electrons. The van der Waals surface area contributed by atoms with Crippen LogP contribution < -0.4 is 38.6 Å². The summed E-state index contributed by atoms with van der Waals surface area (Å²) in [7, 11) is -1.43. The first-order chi connectivity index (χ1) is 49.3. The molecular weight excluding hydrogens is 1530 g/mol. The zero-order chi connectivity index (χ0) is 74.2. The maximum Gasteiger partial charge on any atom is 0.490 e. The van der Waals surface area contributed by atoms with E-state index in [0.717, 1.165) is 43.8 Å². The maximum atomic E-state index is 13.4. The zero-order valence-electron chi connectivity index (χ0n) is 52.9. The molecule has 0 fully saturated rings. The van der Waals surface area contributed by atoms with Crippen molar-refractivity contribution in [3.8, 4) is 22.5 Å². The quantitative estimate of drug-likeness (QED) is 0.0130. The average Bonchev–Trinajstić information content (AvgIpc) is 1.65. The van der Waals surface area contributed by atoms with E-state index in [1.54, 1.807) is 167 Å². The minimum atomic E-state index is -2.99. The summed E-state index contributed by atoms with van der Waals surface area (Å²) in [6, 6.07) is 38.6. The van der Waals surface area contributed by atoms with E-state index in [9.17, 15) is 70.1 Å². The molecule has 5 atom stereocenters. The van der Waals surface area contributed by atoms with Gasteiger partial charge >= 0.3 is 26.8 Å². The van der Waals surface area contributed by atoms with Gasteiger partial charge in [0.05, 0.1) is 76.0 Å². The largest absolute Gasteiger partial charge is 0.490 e. The fourth-order valence-electron chi connectivity index (χ4n) is 10.2. The highest BCUT2D eigenvalue weighted by molar-refractivity contribution is 14.1. The van der Waals surface area contributed by atoms with E-state index in [-0.39, 0.29) is 51.0 Å². The summed E-state index contributed by atoms with van der Waals surface area (Å²) in [5.74, 6) is -6.61. The van der Waals surface area contributed by atoms with Crippen LogP contribution in [-0.2, 0) is 38.4 Å². The molecule has 5 unspecified atom stereocenters. The van der Waals surface area contributed by atoms with Crippen molar-refractivity contribution in [1.82, 2.24) is 60.2 Å². The van der Waals surface area contributed by atoms with Gasteiger partial charge in [-0.15, -0.1) is 34.0 Å². The smallest absolute Gasteiger partial charge is 0.423 e. The fraction of sp³-hybridized carbons (Fsp3) is 0.167. The molecule has 532 valence electrons. The van der Waals surface area contributed by atoms with Gasteiger partial charge in [-0.25, -0.2) is 29.0 Å². The second-order valence-corrected chi connectivity index (χ2v) is 25.7. The number of ketones is 1. The first-order valence-corrected chi connectivity index (χ1v) is 33.9. The summed E-state index contributed by atoms with van der Waals surface area (Å²) in [4.78, 5) is 98.1. The van der Waals surface area contributed by atoms with Gasteiger partial charge in [-0.1, -0.05) is 127 Å². The molecule has 6 amide bonds. The minimum absolute atomic E-state index is 0.00562. The third-order valence-corrected chi connectivity index (χ3v) is 18.3. The second-order valence-electron chi connectivity index (χ2n) is 22.0. The fourth-order valence-corrected chi connectivity index (χ4v) is 12.9. The Labute approximate surface area is 604 Å². The number of aromatic nitrogens is 9. The van der Waals surface area contributed by atoms with E-state index >= 15 is 0 Å². The molecule has 0 aliphatic carbocycles. The molecule has 0 aliphatic heterocycles. The van der Waals surface area contributed by atoms with Crippen LogP contribution in [0.4, 0.5) is 26.3 Å². The molecule has 0 saturated heterocycles. The number of para-hydroxylation sites is 3. The Morgan fingerprint density at radius 1 is 0.466 bits per heavy atom. The van der Waals surface area contributed by atoms with Gasteiger partial charge in [0.15, 0.2) is 12.2 Å². The van der Waals surface area contributed by atoms with Gasteiger partial charge in [0.25, 0.3) is 23.6 Å². The minimum Gasteiger partial charge on any atom is -0.423 e. The van der Waals surface area contributed by atoms with Crippen molar-refractivity contribution < 1.29 is 80.2 Å². The summed E-state index contributed by atoms with van der Waals surface area (Å²) < 4.78 is 82.8. The predicted octanol–water partition coefficient (Wildman–Crippen LogP) is 6.74. The number of hydrogen-bond donors (Lipinski definition) is 10. The van der Waals surface area contributed by atoms with Gasteiger partial charge in [0, 0.05) is 41.6 Å². The van der Waals surface area contributed by atoms with Gasteiger partial charge < -0.3 is 53.4 Å². The number of amides is 6. The molecule has 0 spiro atoms. The van der Waals surface area contributed by atoms with Crippen LogP contribution in [-0.4, -0.2) is 143 Å². The molecular formula is C66H57BF6IN15O11S3. The van der Waals surface area contributed by atoms with Crippen molar-refractivity contribution in [1.29, 1.82) is 0 Å². The number of nitrogens with one attached hydrogen (secondary N) is 3. The second kappa shape index (κ2) is 35.3. The van der Waals surface area contributed by atoms with Gasteiger partial charge in [-0.2, -0.15) is 41.6 Å². The van der Waals surface area contributed by atoms with Crippen LogP contribution in [0.25, 0.3) is 53.2 Å². The topological polar surface area (TPSA) is 407 Å². The van der Waals surface area contributed by atoms with Crippen LogP contribution in [0.5, 0.6) is 0 Å². The van der Waals surface area contributed by atoms with E-state index in [4.69, 9.17) is 27.2 Å². The molecule has 6 aromatic carbocycles. The predicted molar refractivity (Wildman–Crippen MR) is 379 cm³/mol. The molecule has 6 heterocycles. The van der Waals surface area contributed by atoms with Crippen LogP contribution in [0, 0.1) is 3.70 Å². The monoisotopic (exact) mass is 1580 g/mol. The van der Waals surface area contributed by atoms with Crippen molar-refractivity contribution in [2.45, 2.75) is 69.2 Å². The summed E-state index contributed by atoms with van der Waals surface area (Å²) in [5, 5.41) is 57.0. The molecule has 6 aromatic heterocycles. The van der Waals surface area contributed by atoms with E-state index in [1.807, 2.05) is 18.2 Å². The number of aliphatic hydroxyl groups is 2. The number of primary amides is 3. The average molecular weight is 1580 g/mol. The molecule has 0 saturated carbocycles. The number of Topliss-reactive ketones (excluding diaryl/α,β-unsaturated/α-hetero) is 1. The van der Waals surface area contributed by atoms with Gasteiger partial charge in [-0.3, -0.25) is 33.6 Å². The Bertz CT molecular complexity index is 4960. The zero-order valence-corrected chi connectivity index (χ0v) is 57.5. The highest BCUT2D eigenvalue weighted by Crippen LogP contribution is 2.34. The third-order valence-electron chi connectivity index (χ3n) is 15.1. The number of benzene rings is 6. The number of carbonyl (C=O) groups excluding carboxylic acids is 7.